The summed E-state index contributed by atoms with van der Waals surface area (Å²) in [5.74, 6) is 0.562. The summed E-state index contributed by atoms with van der Waals surface area (Å²) in [7, 11) is 0. The lowest BCUT2D eigenvalue weighted by atomic mass is 10.0. The van der Waals surface area contributed by atoms with Crippen LogP contribution in [0.3, 0.4) is 0 Å². The van der Waals surface area contributed by atoms with E-state index in [2.05, 4.69) is 19.2 Å². The van der Waals surface area contributed by atoms with E-state index in [1.54, 1.807) is 18.7 Å². The number of rotatable bonds is 3. The summed E-state index contributed by atoms with van der Waals surface area (Å²) in [6, 6.07) is 0. The zero-order valence-corrected chi connectivity index (χ0v) is 10.7. The first-order chi connectivity index (χ1) is 7.33. The second-order valence-corrected chi connectivity index (χ2v) is 5.40. The molecule has 0 aliphatic carbocycles. The first-order valence-corrected chi connectivity index (χ1v) is 5.93. The van der Waals surface area contributed by atoms with Gasteiger partial charge in [-0.15, -0.1) is 0 Å². The predicted octanol–water partition coefficient (Wildman–Crippen LogP) is 1.16. The minimum absolute atomic E-state index is 0.0269. The van der Waals surface area contributed by atoms with Crippen molar-refractivity contribution in [2.24, 2.45) is 5.92 Å². The summed E-state index contributed by atoms with van der Waals surface area (Å²) in [6.07, 6.45) is 1.39. The maximum Gasteiger partial charge on any atom is 0.247 e. The SMILES string of the molecule is CC(C)CCN1CCC(=O)NC(C)(C)C1=O. The Hall–Kier alpha value is -1.06. The summed E-state index contributed by atoms with van der Waals surface area (Å²) in [6.45, 7) is 9.09. The van der Waals surface area contributed by atoms with Crippen molar-refractivity contribution in [3.05, 3.63) is 0 Å². The fourth-order valence-electron chi connectivity index (χ4n) is 1.83. The van der Waals surface area contributed by atoms with Crippen molar-refractivity contribution in [2.45, 2.75) is 46.1 Å². The second kappa shape index (κ2) is 4.85. The highest BCUT2D eigenvalue weighted by molar-refractivity contribution is 5.92. The van der Waals surface area contributed by atoms with Crippen LogP contribution in [0.2, 0.25) is 0 Å². The van der Waals surface area contributed by atoms with E-state index in [0.717, 1.165) is 13.0 Å². The van der Waals surface area contributed by atoms with Crippen LogP contribution < -0.4 is 5.32 Å². The van der Waals surface area contributed by atoms with E-state index < -0.39 is 5.54 Å². The molecule has 0 unspecified atom stereocenters. The predicted molar refractivity (Wildman–Crippen MR) is 62.9 cm³/mol. The molecule has 1 fully saturated rings. The van der Waals surface area contributed by atoms with Crippen LogP contribution in [0, 0.1) is 5.92 Å². The Bertz CT molecular complexity index is 285. The number of nitrogens with zero attached hydrogens (tertiary/aromatic N) is 1. The molecule has 0 saturated carbocycles. The zero-order chi connectivity index (χ0) is 12.3. The molecule has 1 aliphatic rings. The Morgan fingerprint density at radius 3 is 2.56 bits per heavy atom. The fourth-order valence-corrected chi connectivity index (χ4v) is 1.83. The van der Waals surface area contributed by atoms with Crippen LogP contribution in [-0.2, 0) is 9.59 Å². The van der Waals surface area contributed by atoms with Crippen molar-refractivity contribution in [1.29, 1.82) is 0 Å². The molecule has 1 saturated heterocycles. The van der Waals surface area contributed by atoms with Crippen LogP contribution in [0.25, 0.3) is 0 Å². The minimum Gasteiger partial charge on any atom is -0.342 e. The van der Waals surface area contributed by atoms with E-state index in [1.807, 2.05) is 0 Å². The van der Waals surface area contributed by atoms with Crippen LogP contribution in [0.5, 0.6) is 0 Å². The summed E-state index contributed by atoms with van der Waals surface area (Å²) < 4.78 is 0. The smallest absolute Gasteiger partial charge is 0.247 e. The van der Waals surface area contributed by atoms with Gasteiger partial charge in [0.2, 0.25) is 11.8 Å². The Labute approximate surface area is 97.4 Å². The molecule has 0 radical (unpaired) electrons. The lowest BCUT2D eigenvalue weighted by Crippen LogP contribution is -2.53. The van der Waals surface area contributed by atoms with Gasteiger partial charge >= 0.3 is 0 Å². The highest BCUT2D eigenvalue weighted by Gasteiger charge is 2.36. The van der Waals surface area contributed by atoms with Gasteiger partial charge < -0.3 is 10.2 Å². The fraction of sp³-hybridized carbons (Fsp3) is 0.833. The molecule has 1 rings (SSSR count). The monoisotopic (exact) mass is 226 g/mol. The molecule has 92 valence electrons. The first kappa shape index (κ1) is 13.0. The number of hydrogen-bond acceptors (Lipinski definition) is 2. The van der Waals surface area contributed by atoms with Crippen LogP contribution in [0.4, 0.5) is 0 Å². The van der Waals surface area contributed by atoms with Crippen molar-refractivity contribution in [3.63, 3.8) is 0 Å². The molecule has 0 bridgehead atoms. The first-order valence-electron chi connectivity index (χ1n) is 5.93. The van der Waals surface area contributed by atoms with Crippen molar-refractivity contribution >= 4 is 11.8 Å². The topological polar surface area (TPSA) is 49.4 Å². The van der Waals surface area contributed by atoms with Crippen molar-refractivity contribution in [2.75, 3.05) is 13.1 Å². The van der Waals surface area contributed by atoms with Gasteiger partial charge in [0.15, 0.2) is 0 Å². The average molecular weight is 226 g/mol. The minimum atomic E-state index is -0.759. The molecule has 4 heteroatoms. The molecule has 16 heavy (non-hydrogen) atoms. The number of hydrogen-bond donors (Lipinski definition) is 1. The van der Waals surface area contributed by atoms with Gasteiger partial charge in [-0.25, -0.2) is 0 Å². The summed E-state index contributed by atoms with van der Waals surface area (Å²) in [5, 5.41) is 2.76. The third kappa shape index (κ3) is 3.22. The summed E-state index contributed by atoms with van der Waals surface area (Å²) in [5.41, 5.74) is -0.759. The molecule has 1 aliphatic heterocycles. The molecular formula is C12H22N2O2. The molecule has 0 aromatic carbocycles. The van der Waals surface area contributed by atoms with Crippen LogP contribution in [0.15, 0.2) is 0 Å². The third-order valence-corrected chi connectivity index (χ3v) is 2.86. The lowest BCUT2D eigenvalue weighted by Gasteiger charge is -2.29. The highest BCUT2D eigenvalue weighted by atomic mass is 16.2. The normalized spacial score (nSPS) is 20.9. The van der Waals surface area contributed by atoms with E-state index in [4.69, 9.17) is 0 Å². The molecule has 1 heterocycles. The quantitative estimate of drug-likeness (QED) is 0.785. The summed E-state index contributed by atoms with van der Waals surface area (Å²) >= 11 is 0. The summed E-state index contributed by atoms with van der Waals surface area (Å²) in [4.78, 5) is 25.4. The number of nitrogens with one attached hydrogen (secondary N) is 1. The largest absolute Gasteiger partial charge is 0.342 e. The molecule has 0 aromatic heterocycles. The van der Waals surface area contributed by atoms with Crippen LogP contribution >= 0.6 is 0 Å². The standard InChI is InChI=1S/C12H22N2O2/c1-9(2)5-7-14-8-6-10(15)13-12(3,4)11(14)16/h9H,5-8H2,1-4H3,(H,13,15). The van der Waals surface area contributed by atoms with E-state index in [1.165, 1.54) is 0 Å². The van der Waals surface area contributed by atoms with Gasteiger partial charge in [-0.3, -0.25) is 9.59 Å². The Balaban J connectivity index is 2.69. The Kier molecular flexibility index (Phi) is 3.94. The highest BCUT2D eigenvalue weighted by Crippen LogP contribution is 2.14. The molecule has 0 spiro atoms. The molecule has 1 N–H and O–H groups in total. The van der Waals surface area contributed by atoms with Crippen molar-refractivity contribution in [3.8, 4) is 0 Å². The molecule has 2 amide bonds. The van der Waals surface area contributed by atoms with E-state index in [0.29, 0.717) is 18.9 Å². The van der Waals surface area contributed by atoms with Crippen molar-refractivity contribution < 1.29 is 9.59 Å². The molecule has 4 nitrogen and oxygen atoms in total. The van der Waals surface area contributed by atoms with Gasteiger partial charge in [0, 0.05) is 19.5 Å². The lowest BCUT2D eigenvalue weighted by molar-refractivity contribution is -0.137. The second-order valence-electron chi connectivity index (χ2n) is 5.40. The van der Waals surface area contributed by atoms with Gasteiger partial charge in [-0.1, -0.05) is 13.8 Å². The average Bonchev–Trinajstić information content (AvgIpc) is 2.23. The van der Waals surface area contributed by atoms with E-state index in [-0.39, 0.29) is 11.8 Å². The van der Waals surface area contributed by atoms with Crippen LogP contribution in [0.1, 0.15) is 40.5 Å². The van der Waals surface area contributed by atoms with Crippen LogP contribution in [-0.4, -0.2) is 35.3 Å². The maximum absolute atomic E-state index is 12.1. The van der Waals surface area contributed by atoms with Gasteiger partial charge in [0.05, 0.1) is 0 Å². The molecule has 0 atom stereocenters. The van der Waals surface area contributed by atoms with E-state index in [9.17, 15) is 9.59 Å². The Morgan fingerprint density at radius 2 is 2.00 bits per heavy atom. The molecule has 0 aromatic rings. The van der Waals surface area contributed by atoms with Gasteiger partial charge in [0.1, 0.15) is 5.54 Å². The Morgan fingerprint density at radius 1 is 1.38 bits per heavy atom. The maximum atomic E-state index is 12.1. The number of carbonyl (C=O) groups excluding carboxylic acids is 2. The third-order valence-electron chi connectivity index (χ3n) is 2.86. The van der Waals surface area contributed by atoms with Gasteiger partial charge in [0.25, 0.3) is 0 Å². The van der Waals surface area contributed by atoms with Gasteiger partial charge in [-0.2, -0.15) is 0 Å². The zero-order valence-electron chi connectivity index (χ0n) is 10.7. The van der Waals surface area contributed by atoms with E-state index >= 15 is 0 Å². The number of amides is 2. The van der Waals surface area contributed by atoms with Crippen molar-refractivity contribution in [1.82, 2.24) is 10.2 Å². The molecular weight excluding hydrogens is 204 g/mol. The van der Waals surface area contributed by atoms with Gasteiger partial charge in [-0.05, 0) is 26.2 Å². The number of carbonyl (C=O) groups is 2.